The van der Waals surface area contributed by atoms with E-state index in [4.69, 9.17) is 5.73 Å². The Morgan fingerprint density at radius 1 is 1.30 bits per heavy atom. The topological polar surface area (TPSA) is 26.0 Å². The lowest BCUT2D eigenvalue weighted by Crippen LogP contribution is -2.16. The summed E-state index contributed by atoms with van der Waals surface area (Å²) in [7, 11) is 0. The average molecular weight is 141 g/mol. The first kappa shape index (κ1) is 8.06. The molecule has 1 fully saturated rings. The van der Waals surface area contributed by atoms with E-state index in [1.807, 2.05) is 0 Å². The van der Waals surface area contributed by atoms with E-state index in [0.717, 1.165) is 11.8 Å². The van der Waals surface area contributed by atoms with Crippen molar-refractivity contribution in [2.45, 2.75) is 45.6 Å². The summed E-state index contributed by atoms with van der Waals surface area (Å²) in [5.41, 5.74) is 5.66. The molecule has 0 amide bonds. The smallest absolute Gasteiger partial charge is 0.00105 e. The molecule has 2 N–H and O–H groups in total. The van der Waals surface area contributed by atoms with Crippen molar-refractivity contribution in [3.63, 3.8) is 0 Å². The number of rotatable bonds is 4. The molecule has 0 bridgehead atoms. The summed E-state index contributed by atoms with van der Waals surface area (Å²) in [6.45, 7) is 4.46. The molecule has 0 radical (unpaired) electrons. The van der Waals surface area contributed by atoms with E-state index < -0.39 is 0 Å². The van der Waals surface area contributed by atoms with E-state index in [1.165, 1.54) is 25.7 Å². The molecule has 60 valence electrons. The zero-order valence-corrected chi connectivity index (χ0v) is 7.14. The molecule has 1 nitrogen and oxygen atoms in total. The van der Waals surface area contributed by atoms with Crippen molar-refractivity contribution in [3.05, 3.63) is 0 Å². The fourth-order valence-electron chi connectivity index (χ4n) is 1.43. The van der Waals surface area contributed by atoms with Crippen molar-refractivity contribution in [2.75, 3.05) is 0 Å². The zero-order chi connectivity index (χ0) is 7.56. The highest BCUT2D eigenvalue weighted by molar-refractivity contribution is 4.78. The van der Waals surface area contributed by atoms with E-state index in [0.29, 0.717) is 6.04 Å². The van der Waals surface area contributed by atoms with Crippen LogP contribution in [0.25, 0.3) is 0 Å². The van der Waals surface area contributed by atoms with E-state index in [-0.39, 0.29) is 0 Å². The molecular formula is C9H19N. The molecule has 0 aliphatic heterocycles. The second kappa shape index (κ2) is 3.38. The molecule has 1 saturated carbocycles. The van der Waals surface area contributed by atoms with Crippen LogP contribution in [0.3, 0.4) is 0 Å². The number of nitrogens with two attached hydrogens (primary N) is 1. The van der Waals surface area contributed by atoms with E-state index in [2.05, 4.69) is 13.8 Å². The molecule has 0 aromatic heterocycles. The van der Waals surface area contributed by atoms with Gasteiger partial charge in [0.15, 0.2) is 0 Å². The Morgan fingerprint density at radius 2 is 1.90 bits per heavy atom. The van der Waals surface area contributed by atoms with Crippen LogP contribution in [0.2, 0.25) is 0 Å². The first-order chi connectivity index (χ1) is 4.70. The van der Waals surface area contributed by atoms with Gasteiger partial charge in [-0.2, -0.15) is 0 Å². The molecule has 0 aromatic rings. The van der Waals surface area contributed by atoms with Gasteiger partial charge in [-0.1, -0.05) is 6.92 Å². The van der Waals surface area contributed by atoms with Crippen molar-refractivity contribution < 1.29 is 0 Å². The quantitative estimate of drug-likeness (QED) is 0.638. The predicted molar refractivity (Wildman–Crippen MR) is 44.8 cm³/mol. The van der Waals surface area contributed by atoms with E-state index in [1.54, 1.807) is 0 Å². The van der Waals surface area contributed by atoms with Gasteiger partial charge in [0.25, 0.3) is 0 Å². The van der Waals surface area contributed by atoms with Gasteiger partial charge in [0.1, 0.15) is 0 Å². The summed E-state index contributed by atoms with van der Waals surface area (Å²) in [5.74, 6) is 1.99. The lowest BCUT2D eigenvalue weighted by molar-refractivity contribution is 0.434. The lowest BCUT2D eigenvalue weighted by Gasteiger charge is -2.10. The zero-order valence-electron chi connectivity index (χ0n) is 7.14. The summed E-state index contributed by atoms with van der Waals surface area (Å²) in [4.78, 5) is 0. The second-order valence-electron chi connectivity index (χ2n) is 3.87. The van der Waals surface area contributed by atoms with Crippen molar-refractivity contribution in [3.8, 4) is 0 Å². The Labute approximate surface area is 64.0 Å². The van der Waals surface area contributed by atoms with Gasteiger partial charge < -0.3 is 5.73 Å². The van der Waals surface area contributed by atoms with Crippen molar-refractivity contribution in [1.82, 2.24) is 0 Å². The minimum absolute atomic E-state index is 0.404. The van der Waals surface area contributed by atoms with E-state index >= 15 is 0 Å². The van der Waals surface area contributed by atoms with Crippen LogP contribution >= 0.6 is 0 Å². The van der Waals surface area contributed by atoms with Crippen molar-refractivity contribution in [1.29, 1.82) is 0 Å². The fourth-order valence-corrected chi connectivity index (χ4v) is 1.43. The first-order valence-corrected chi connectivity index (χ1v) is 4.45. The summed E-state index contributed by atoms with van der Waals surface area (Å²) < 4.78 is 0. The predicted octanol–water partition coefficient (Wildman–Crippen LogP) is 2.16. The second-order valence-corrected chi connectivity index (χ2v) is 3.87. The maximum atomic E-state index is 5.66. The third kappa shape index (κ3) is 2.70. The highest BCUT2D eigenvalue weighted by atomic mass is 14.6. The highest BCUT2D eigenvalue weighted by Gasteiger charge is 2.27. The maximum Gasteiger partial charge on any atom is 0.00105 e. The molecule has 10 heavy (non-hydrogen) atoms. The Balaban J connectivity index is 2.00. The van der Waals surface area contributed by atoms with Gasteiger partial charge in [0.05, 0.1) is 0 Å². The third-order valence-electron chi connectivity index (χ3n) is 2.50. The molecule has 2 atom stereocenters. The Kier molecular flexibility index (Phi) is 2.72. The normalized spacial score (nSPS) is 24.3. The summed E-state index contributed by atoms with van der Waals surface area (Å²) >= 11 is 0. The van der Waals surface area contributed by atoms with Crippen molar-refractivity contribution in [2.24, 2.45) is 17.6 Å². The molecule has 0 aromatic carbocycles. The largest absolute Gasteiger partial charge is 0.328 e. The molecule has 1 heteroatoms. The van der Waals surface area contributed by atoms with Crippen LogP contribution < -0.4 is 5.73 Å². The Hall–Kier alpha value is -0.0400. The molecule has 1 unspecified atom stereocenters. The average Bonchev–Trinajstić information content (AvgIpc) is 2.63. The molecular weight excluding hydrogens is 122 g/mol. The van der Waals surface area contributed by atoms with Gasteiger partial charge in [0, 0.05) is 6.04 Å². The van der Waals surface area contributed by atoms with Gasteiger partial charge in [0.2, 0.25) is 0 Å². The molecule has 0 saturated heterocycles. The van der Waals surface area contributed by atoms with Gasteiger partial charge in [-0.3, -0.25) is 0 Å². The van der Waals surface area contributed by atoms with Gasteiger partial charge in [-0.05, 0) is 44.4 Å². The summed E-state index contributed by atoms with van der Waals surface area (Å²) in [6.07, 6.45) is 5.49. The Bertz CT molecular complexity index is 94.9. The summed E-state index contributed by atoms with van der Waals surface area (Å²) in [6, 6.07) is 0.404. The molecule has 1 aliphatic carbocycles. The van der Waals surface area contributed by atoms with Crippen LogP contribution in [0.15, 0.2) is 0 Å². The van der Waals surface area contributed by atoms with Crippen LogP contribution in [0.4, 0.5) is 0 Å². The van der Waals surface area contributed by atoms with Crippen LogP contribution in [0, 0.1) is 11.8 Å². The number of hydrogen-bond donors (Lipinski definition) is 1. The van der Waals surface area contributed by atoms with Crippen molar-refractivity contribution >= 4 is 0 Å². The fraction of sp³-hybridized carbons (Fsp3) is 1.00. The van der Waals surface area contributed by atoms with Gasteiger partial charge >= 0.3 is 0 Å². The minimum Gasteiger partial charge on any atom is -0.328 e. The molecule has 0 spiro atoms. The maximum absolute atomic E-state index is 5.66. The summed E-state index contributed by atoms with van der Waals surface area (Å²) in [5, 5.41) is 0. The molecule has 1 aliphatic rings. The SMILES string of the molecule is CC(CC[C@@H](C)N)C1CC1. The highest BCUT2D eigenvalue weighted by Crippen LogP contribution is 2.38. The van der Waals surface area contributed by atoms with Crippen LogP contribution in [-0.2, 0) is 0 Å². The number of hydrogen-bond acceptors (Lipinski definition) is 1. The van der Waals surface area contributed by atoms with Crippen LogP contribution in [0.5, 0.6) is 0 Å². The third-order valence-corrected chi connectivity index (χ3v) is 2.50. The first-order valence-electron chi connectivity index (χ1n) is 4.45. The van der Waals surface area contributed by atoms with E-state index in [9.17, 15) is 0 Å². The molecule has 0 heterocycles. The monoisotopic (exact) mass is 141 g/mol. The minimum atomic E-state index is 0.404. The van der Waals surface area contributed by atoms with Crippen LogP contribution in [-0.4, -0.2) is 6.04 Å². The van der Waals surface area contributed by atoms with Gasteiger partial charge in [-0.25, -0.2) is 0 Å². The van der Waals surface area contributed by atoms with Gasteiger partial charge in [-0.15, -0.1) is 0 Å². The standard InChI is InChI=1S/C9H19N/c1-7(9-5-6-9)3-4-8(2)10/h7-9H,3-6,10H2,1-2H3/t7?,8-/m1/s1. The van der Waals surface area contributed by atoms with Crippen LogP contribution in [0.1, 0.15) is 39.5 Å². The Morgan fingerprint density at radius 3 is 2.30 bits per heavy atom. The molecule has 1 rings (SSSR count). The lowest BCUT2D eigenvalue weighted by atomic mass is 9.98.